The second kappa shape index (κ2) is 10.1. The van der Waals surface area contributed by atoms with Crippen LogP contribution in [0.2, 0.25) is 0 Å². The average molecular weight is 453 g/mol. The summed E-state index contributed by atoms with van der Waals surface area (Å²) in [5, 5.41) is 8.93. The lowest BCUT2D eigenvalue weighted by atomic mass is 10.0. The van der Waals surface area contributed by atoms with E-state index in [9.17, 15) is 9.18 Å². The van der Waals surface area contributed by atoms with Crippen LogP contribution in [0.3, 0.4) is 0 Å². The fraction of sp³-hybridized carbons (Fsp3) is 0.440. The second-order valence-corrected chi connectivity index (χ2v) is 8.39. The fourth-order valence-electron chi connectivity index (χ4n) is 4.74. The number of carbonyl (C=O) groups is 1. The van der Waals surface area contributed by atoms with Gasteiger partial charge < -0.3 is 19.3 Å². The first-order valence-electron chi connectivity index (χ1n) is 11.2. The quantitative estimate of drug-likeness (QED) is 0.671. The van der Waals surface area contributed by atoms with E-state index < -0.39 is 0 Å². The zero-order valence-electron chi connectivity index (χ0n) is 19.1. The molecule has 1 atom stereocenters. The molecule has 2 aromatic rings. The van der Waals surface area contributed by atoms with Crippen LogP contribution in [-0.4, -0.2) is 69.2 Å². The van der Waals surface area contributed by atoms with Crippen LogP contribution >= 0.6 is 0 Å². The number of nitriles is 1. The molecular weight excluding hydrogens is 423 g/mol. The van der Waals surface area contributed by atoms with Gasteiger partial charge in [0.1, 0.15) is 17.3 Å². The first kappa shape index (κ1) is 22.9. The summed E-state index contributed by atoms with van der Waals surface area (Å²) in [6, 6.07) is 12.3. The van der Waals surface area contributed by atoms with Crippen molar-refractivity contribution in [2.75, 3.05) is 58.4 Å². The summed E-state index contributed by atoms with van der Waals surface area (Å²) in [5.41, 5.74) is 1.82. The Balaban J connectivity index is 1.37. The van der Waals surface area contributed by atoms with Gasteiger partial charge in [-0.05, 0) is 43.2 Å². The number of hydrogen-bond donors (Lipinski definition) is 0. The second-order valence-electron chi connectivity index (χ2n) is 8.39. The Morgan fingerprint density at radius 2 is 1.88 bits per heavy atom. The summed E-state index contributed by atoms with van der Waals surface area (Å²) in [7, 11) is 3.25. The van der Waals surface area contributed by atoms with Gasteiger partial charge in [0, 0.05) is 44.4 Å². The molecule has 4 rings (SSSR count). The van der Waals surface area contributed by atoms with Crippen LogP contribution in [0.15, 0.2) is 36.4 Å². The van der Waals surface area contributed by atoms with Crippen molar-refractivity contribution in [1.29, 1.82) is 5.26 Å². The number of hydrogen-bond acceptors (Lipinski definition) is 6. The Morgan fingerprint density at radius 1 is 1.09 bits per heavy atom. The summed E-state index contributed by atoms with van der Waals surface area (Å²) in [6.45, 7) is 3.69. The molecule has 2 heterocycles. The number of carbonyl (C=O) groups excluding carboxylic acids is 1. The van der Waals surface area contributed by atoms with Crippen LogP contribution in [0.25, 0.3) is 0 Å². The number of ether oxygens (including phenoxy) is 2. The van der Waals surface area contributed by atoms with Crippen LogP contribution in [-0.2, 0) is 4.79 Å². The molecule has 0 spiro atoms. The largest absolute Gasteiger partial charge is 0.497 e. The highest BCUT2D eigenvalue weighted by molar-refractivity contribution is 5.79. The molecule has 7 nitrogen and oxygen atoms in total. The first-order valence-corrected chi connectivity index (χ1v) is 11.2. The molecule has 0 N–H and O–H groups in total. The highest BCUT2D eigenvalue weighted by Gasteiger charge is 2.33. The fourth-order valence-corrected chi connectivity index (χ4v) is 4.74. The topological polar surface area (TPSA) is 69.0 Å². The van der Waals surface area contributed by atoms with E-state index in [0.29, 0.717) is 44.0 Å². The summed E-state index contributed by atoms with van der Waals surface area (Å²) < 4.78 is 25.2. The van der Waals surface area contributed by atoms with Crippen LogP contribution in [0.4, 0.5) is 10.1 Å². The van der Waals surface area contributed by atoms with Gasteiger partial charge in [0.2, 0.25) is 5.91 Å². The molecule has 1 amide bonds. The minimum absolute atomic E-state index is 0.00705. The lowest BCUT2D eigenvalue weighted by Crippen LogP contribution is -2.50. The van der Waals surface area contributed by atoms with Gasteiger partial charge in [-0.1, -0.05) is 0 Å². The summed E-state index contributed by atoms with van der Waals surface area (Å²) >= 11 is 0. The molecule has 174 valence electrons. The highest BCUT2D eigenvalue weighted by Crippen LogP contribution is 2.38. The lowest BCUT2D eigenvalue weighted by Gasteiger charge is -2.37. The van der Waals surface area contributed by atoms with Gasteiger partial charge >= 0.3 is 0 Å². The maximum atomic E-state index is 14.4. The minimum Gasteiger partial charge on any atom is -0.497 e. The smallest absolute Gasteiger partial charge is 0.237 e. The summed E-state index contributed by atoms with van der Waals surface area (Å²) in [6.07, 6.45) is 1.86. The average Bonchev–Trinajstić information content (AvgIpc) is 3.34. The molecule has 2 aromatic carbocycles. The minimum atomic E-state index is -0.382. The van der Waals surface area contributed by atoms with Gasteiger partial charge in [-0.2, -0.15) is 5.26 Å². The zero-order chi connectivity index (χ0) is 23.4. The Kier molecular flexibility index (Phi) is 6.99. The number of rotatable bonds is 6. The van der Waals surface area contributed by atoms with E-state index in [4.69, 9.17) is 14.7 Å². The standard InChI is InChI=1S/C25H29FN4O3/c1-32-19-6-7-20(24(15-19)33-2)22-4-3-9-30(22)25(31)17-28-10-12-29(13-11-28)23-8-5-18(16-27)14-21(23)26/h5-8,14-15,22H,3-4,9-13,17H2,1-2H3. The Bertz CT molecular complexity index is 1050. The molecule has 0 saturated carbocycles. The number of benzene rings is 2. The molecule has 0 aliphatic carbocycles. The predicted octanol–water partition coefficient (Wildman–Crippen LogP) is 3.20. The molecular formula is C25H29FN4O3. The first-order chi connectivity index (χ1) is 16.0. The normalized spacial score (nSPS) is 18.8. The predicted molar refractivity (Wildman–Crippen MR) is 123 cm³/mol. The number of amides is 1. The van der Waals surface area contributed by atoms with Crippen molar-refractivity contribution in [2.45, 2.75) is 18.9 Å². The van der Waals surface area contributed by atoms with Crippen molar-refractivity contribution in [2.24, 2.45) is 0 Å². The molecule has 2 saturated heterocycles. The van der Waals surface area contributed by atoms with Crippen LogP contribution in [0, 0.1) is 17.1 Å². The third-order valence-corrected chi connectivity index (χ3v) is 6.52. The molecule has 2 aliphatic heterocycles. The van der Waals surface area contributed by atoms with E-state index in [2.05, 4.69) is 4.90 Å². The Hall–Kier alpha value is -3.31. The number of methoxy groups -OCH3 is 2. The summed E-state index contributed by atoms with van der Waals surface area (Å²) in [4.78, 5) is 19.3. The molecule has 33 heavy (non-hydrogen) atoms. The van der Waals surface area contributed by atoms with Gasteiger partial charge in [-0.25, -0.2) is 4.39 Å². The van der Waals surface area contributed by atoms with E-state index in [-0.39, 0.29) is 17.8 Å². The molecule has 0 radical (unpaired) electrons. The van der Waals surface area contributed by atoms with Crippen molar-refractivity contribution in [1.82, 2.24) is 9.80 Å². The molecule has 8 heteroatoms. The number of likely N-dealkylation sites (tertiary alicyclic amines) is 1. The van der Waals surface area contributed by atoms with Crippen molar-refractivity contribution < 1.29 is 18.7 Å². The van der Waals surface area contributed by atoms with Gasteiger partial charge in [-0.15, -0.1) is 0 Å². The maximum Gasteiger partial charge on any atom is 0.237 e. The monoisotopic (exact) mass is 452 g/mol. The number of anilines is 1. The van der Waals surface area contributed by atoms with Crippen LogP contribution in [0.1, 0.15) is 30.0 Å². The molecule has 0 aromatic heterocycles. The van der Waals surface area contributed by atoms with Crippen LogP contribution in [0.5, 0.6) is 11.5 Å². The van der Waals surface area contributed by atoms with Gasteiger partial charge in [-0.3, -0.25) is 9.69 Å². The van der Waals surface area contributed by atoms with Gasteiger partial charge in [0.25, 0.3) is 0 Å². The SMILES string of the molecule is COc1ccc(C2CCCN2C(=O)CN2CCN(c3ccc(C#N)cc3F)CC2)c(OC)c1. The maximum absolute atomic E-state index is 14.4. The third kappa shape index (κ3) is 4.88. The van der Waals surface area contributed by atoms with E-state index in [0.717, 1.165) is 36.4 Å². The van der Waals surface area contributed by atoms with E-state index in [1.165, 1.54) is 6.07 Å². The number of piperazine rings is 1. The van der Waals surface area contributed by atoms with Crippen molar-refractivity contribution in [3.05, 3.63) is 53.3 Å². The van der Waals surface area contributed by atoms with Crippen molar-refractivity contribution >= 4 is 11.6 Å². The van der Waals surface area contributed by atoms with E-state index in [1.807, 2.05) is 34.1 Å². The number of halogens is 1. The van der Waals surface area contributed by atoms with E-state index in [1.54, 1.807) is 26.4 Å². The zero-order valence-corrected chi connectivity index (χ0v) is 19.1. The van der Waals surface area contributed by atoms with E-state index >= 15 is 0 Å². The molecule has 2 fully saturated rings. The third-order valence-electron chi connectivity index (χ3n) is 6.52. The molecule has 2 aliphatic rings. The Labute approximate surface area is 193 Å². The Morgan fingerprint density at radius 3 is 2.55 bits per heavy atom. The van der Waals surface area contributed by atoms with Gasteiger partial charge in [0.15, 0.2) is 0 Å². The molecule has 0 bridgehead atoms. The van der Waals surface area contributed by atoms with Crippen molar-refractivity contribution in [3.8, 4) is 17.6 Å². The molecule has 1 unspecified atom stereocenters. The van der Waals surface area contributed by atoms with Crippen molar-refractivity contribution in [3.63, 3.8) is 0 Å². The van der Waals surface area contributed by atoms with Crippen LogP contribution < -0.4 is 14.4 Å². The lowest BCUT2D eigenvalue weighted by molar-refractivity contribution is -0.133. The van der Waals surface area contributed by atoms with Gasteiger partial charge in [0.05, 0.1) is 44.1 Å². The summed E-state index contributed by atoms with van der Waals surface area (Å²) in [5.74, 6) is 1.18. The number of nitrogens with zero attached hydrogens (tertiary/aromatic N) is 4. The highest BCUT2D eigenvalue weighted by atomic mass is 19.1.